The quantitative estimate of drug-likeness (QED) is 0.0535. The molecule has 0 unspecified atom stereocenters. The lowest BCUT2D eigenvalue weighted by Gasteiger charge is -2.17. The molecular formula is C60H72. The van der Waals surface area contributed by atoms with E-state index < -0.39 is 0 Å². The van der Waals surface area contributed by atoms with E-state index >= 15 is 0 Å². The average molecular weight is 793 g/mol. The van der Waals surface area contributed by atoms with Crippen LogP contribution in [0.25, 0.3) is 65.7 Å². The van der Waals surface area contributed by atoms with Gasteiger partial charge in [-0.25, -0.2) is 0 Å². The minimum atomic E-state index is 1.15. The predicted octanol–water partition coefficient (Wildman–Crippen LogP) is 18.9. The fourth-order valence-corrected chi connectivity index (χ4v) is 9.92. The first-order chi connectivity index (χ1) is 29.7. The molecule has 60 heavy (non-hydrogen) atoms. The van der Waals surface area contributed by atoms with Crippen molar-refractivity contribution in [3.8, 4) is 33.4 Å². The van der Waals surface area contributed by atoms with Gasteiger partial charge in [0.15, 0.2) is 0 Å². The second-order valence-electron chi connectivity index (χ2n) is 17.8. The van der Waals surface area contributed by atoms with Gasteiger partial charge in [0.05, 0.1) is 0 Å². The molecule has 0 aliphatic heterocycles. The zero-order valence-electron chi connectivity index (χ0n) is 37.5. The van der Waals surface area contributed by atoms with Crippen molar-refractivity contribution in [2.24, 2.45) is 0 Å². The summed E-state index contributed by atoms with van der Waals surface area (Å²) < 4.78 is 0. The van der Waals surface area contributed by atoms with Crippen LogP contribution < -0.4 is 0 Å². The molecule has 0 radical (unpaired) electrons. The van der Waals surface area contributed by atoms with Gasteiger partial charge in [0.1, 0.15) is 0 Å². The molecule has 0 N–H and O–H groups in total. The third-order valence-corrected chi connectivity index (χ3v) is 13.3. The minimum absolute atomic E-state index is 1.15. The molecule has 7 aromatic rings. The highest BCUT2D eigenvalue weighted by atomic mass is 14.2. The third-order valence-electron chi connectivity index (χ3n) is 13.3. The SMILES string of the molecule is CCCCCCCCc1cccc2c(-c3cc(-c4cccc5c(CCCCCCCC)cccc45)cc(-c4cccc5c(CCCCCCCC)cccc45)c3)cccc12. The van der Waals surface area contributed by atoms with Crippen molar-refractivity contribution in [1.29, 1.82) is 0 Å². The normalized spacial score (nSPS) is 11.7. The highest BCUT2D eigenvalue weighted by Gasteiger charge is 2.15. The van der Waals surface area contributed by atoms with E-state index in [0.29, 0.717) is 0 Å². The fraction of sp³-hybridized carbons (Fsp3) is 0.400. The molecule has 0 heteroatoms. The summed E-state index contributed by atoms with van der Waals surface area (Å²) >= 11 is 0. The van der Waals surface area contributed by atoms with Gasteiger partial charge >= 0.3 is 0 Å². The second-order valence-corrected chi connectivity index (χ2v) is 17.8. The van der Waals surface area contributed by atoms with Crippen LogP contribution in [-0.2, 0) is 19.3 Å². The van der Waals surface area contributed by atoms with Crippen LogP contribution in [0, 0.1) is 0 Å². The van der Waals surface area contributed by atoms with Gasteiger partial charge in [-0.05, 0) is 139 Å². The molecule has 0 atom stereocenters. The summed E-state index contributed by atoms with van der Waals surface area (Å²) in [6.07, 6.45) is 27.3. The van der Waals surface area contributed by atoms with Crippen molar-refractivity contribution in [2.75, 3.05) is 0 Å². The average Bonchev–Trinajstić information content (AvgIpc) is 3.29. The first-order valence-electron chi connectivity index (χ1n) is 24.4. The topological polar surface area (TPSA) is 0 Å². The van der Waals surface area contributed by atoms with E-state index in [0.717, 1.165) is 19.3 Å². The molecule has 0 amide bonds. The molecule has 0 aliphatic carbocycles. The Morgan fingerprint density at radius 3 is 0.800 bits per heavy atom. The van der Waals surface area contributed by atoms with Crippen LogP contribution in [0.1, 0.15) is 153 Å². The summed E-state index contributed by atoms with van der Waals surface area (Å²) in [7, 11) is 0. The van der Waals surface area contributed by atoms with Crippen LogP contribution in [0.5, 0.6) is 0 Å². The van der Waals surface area contributed by atoms with E-state index in [-0.39, 0.29) is 0 Å². The van der Waals surface area contributed by atoms with Crippen LogP contribution >= 0.6 is 0 Å². The molecule has 7 rings (SSSR count). The van der Waals surface area contributed by atoms with Crippen molar-refractivity contribution in [2.45, 2.75) is 156 Å². The van der Waals surface area contributed by atoms with E-state index in [4.69, 9.17) is 0 Å². The van der Waals surface area contributed by atoms with Crippen molar-refractivity contribution in [3.05, 3.63) is 144 Å². The Labute approximate surface area is 363 Å². The fourth-order valence-electron chi connectivity index (χ4n) is 9.92. The maximum absolute atomic E-state index is 2.49. The van der Waals surface area contributed by atoms with Crippen molar-refractivity contribution in [1.82, 2.24) is 0 Å². The first kappa shape index (κ1) is 43.4. The Hall–Kier alpha value is -4.68. The van der Waals surface area contributed by atoms with Crippen molar-refractivity contribution >= 4 is 32.3 Å². The van der Waals surface area contributed by atoms with Crippen LogP contribution in [0.4, 0.5) is 0 Å². The number of hydrogen-bond donors (Lipinski definition) is 0. The Morgan fingerprint density at radius 2 is 0.500 bits per heavy atom. The molecule has 0 aromatic heterocycles. The number of unbranched alkanes of at least 4 members (excludes halogenated alkanes) is 15. The van der Waals surface area contributed by atoms with Gasteiger partial charge in [-0.15, -0.1) is 0 Å². The Kier molecular flexibility index (Phi) is 16.5. The molecule has 0 aliphatic rings. The summed E-state index contributed by atoms with van der Waals surface area (Å²) in [5.41, 5.74) is 12.3. The molecule has 0 heterocycles. The lowest BCUT2D eigenvalue weighted by Crippen LogP contribution is -1.93. The van der Waals surface area contributed by atoms with E-state index in [1.54, 1.807) is 0 Å². The highest BCUT2D eigenvalue weighted by molar-refractivity contribution is 6.05. The van der Waals surface area contributed by atoms with Gasteiger partial charge in [-0.2, -0.15) is 0 Å². The van der Waals surface area contributed by atoms with Crippen molar-refractivity contribution in [3.63, 3.8) is 0 Å². The van der Waals surface area contributed by atoms with E-state index in [9.17, 15) is 0 Å². The molecule has 0 fully saturated rings. The van der Waals surface area contributed by atoms with Gasteiger partial charge in [0, 0.05) is 0 Å². The maximum Gasteiger partial charge on any atom is -0.0103 e. The second kappa shape index (κ2) is 22.8. The molecule has 0 bridgehead atoms. The molecule has 7 aromatic carbocycles. The van der Waals surface area contributed by atoms with Gasteiger partial charge < -0.3 is 0 Å². The lowest BCUT2D eigenvalue weighted by atomic mass is 9.87. The minimum Gasteiger partial charge on any atom is -0.0654 e. The number of aryl methyl sites for hydroxylation is 3. The smallest absolute Gasteiger partial charge is 0.0103 e. The van der Waals surface area contributed by atoms with E-state index in [2.05, 4.69) is 148 Å². The first-order valence-corrected chi connectivity index (χ1v) is 24.4. The summed E-state index contributed by atoms with van der Waals surface area (Å²) in [6, 6.07) is 49.7. The zero-order chi connectivity index (χ0) is 41.4. The molecule has 312 valence electrons. The van der Waals surface area contributed by atoms with E-state index in [1.807, 2.05) is 0 Å². The Bertz CT molecular complexity index is 2130. The largest absolute Gasteiger partial charge is 0.0654 e. The standard InChI is InChI=1S/C60H72/c1-4-7-10-13-16-19-28-46-31-22-40-58-52(46)34-25-37-55(58)49-43-50(56-38-26-35-53-47(32-23-41-59(53)56)29-20-17-14-11-8-5-2)45-51(44-49)57-39-27-36-54-48(33-24-42-60(54)57)30-21-18-15-12-9-6-3/h22-27,31-45H,4-21,28-30H2,1-3H3. The van der Waals surface area contributed by atoms with E-state index in [1.165, 1.54) is 198 Å². The van der Waals surface area contributed by atoms with Gasteiger partial charge in [0.2, 0.25) is 0 Å². The number of benzene rings is 7. The summed E-state index contributed by atoms with van der Waals surface area (Å²) in [5.74, 6) is 0. The predicted molar refractivity (Wildman–Crippen MR) is 267 cm³/mol. The maximum atomic E-state index is 2.49. The van der Waals surface area contributed by atoms with Gasteiger partial charge in [0.25, 0.3) is 0 Å². The number of hydrogen-bond acceptors (Lipinski definition) is 0. The Balaban J connectivity index is 1.30. The van der Waals surface area contributed by atoms with Crippen LogP contribution in [0.2, 0.25) is 0 Å². The summed E-state index contributed by atoms with van der Waals surface area (Å²) in [5, 5.41) is 8.31. The van der Waals surface area contributed by atoms with Crippen LogP contribution in [0.15, 0.2) is 127 Å². The summed E-state index contributed by atoms with van der Waals surface area (Å²) in [6.45, 7) is 6.91. The monoisotopic (exact) mass is 793 g/mol. The lowest BCUT2D eigenvalue weighted by molar-refractivity contribution is 0.608. The molecule has 0 nitrogen and oxygen atoms in total. The zero-order valence-corrected chi connectivity index (χ0v) is 37.5. The summed E-state index contributed by atoms with van der Waals surface area (Å²) in [4.78, 5) is 0. The van der Waals surface area contributed by atoms with Crippen LogP contribution in [-0.4, -0.2) is 0 Å². The molecule has 0 saturated heterocycles. The van der Waals surface area contributed by atoms with Gasteiger partial charge in [-0.3, -0.25) is 0 Å². The van der Waals surface area contributed by atoms with Gasteiger partial charge in [-0.1, -0.05) is 226 Å². The molecular weight excluding hydrogens is 721 g/mol. The number of fused-ring (bicyclic) bond motifs is 3. The highest BCUT2D eigenvalue weighted by Crippen LogP contribution is 2.41. The molecule has 0 saturated carbocycles. The third kappa shape index (κ3) is 11.0. The number of rotatable bonds is 24. The Morgan fingerprint density at radius 1 is 0.250 bits per heavy atom. The molecule has 0 spiro atoms. The van der Waals surface area contributed by atoms with Crippen molar-refractivity contribution < 1.29 is 0 Å². The van der Waals surface area contributed by atoms with Crippen LogP contribution in [0.3, 0.4) is 0 Å².